The Morgan fingerprint density at radius 1 is 0.216 bits per heavy atom. The van der Waals surface area contributed by atoms with Gasteiger partial charge in [0.2, 0.25) is 12.6 Å². The van der Waals surface area contributed by atoms with Crippen LogP contribution in [-0.2, 0) is 52.1 Å². The standard InChI is InChI=1S/C68H54O43/c69-27-1-19(2-28(70)45(27)85)59(93)101-17-43-53(105-61(95)21-5-31(73)47(87)32(74)6-21)55(107-63(97)23-9-35(77)49(89)36(78)10-23)57(109-65(99)25-13-39(81)51(91)40(82)14-25)67(103-43)111-68-58(110-66(100)26-15-41(83)52(92)42(84)16-26)56(108-64(98)24-11-37(79)50(90)38(80)12-24)54(106-62(96)22-7-33(75)48(88)34(76)8-22)44(104-68)18-102-60(94)20-3-29(71)46(86)30(72)4-20/h1-16,43-44,53-58,67-92H,17-18H2/t43-,44-,53-,54-,55+,56+,57-,58+,67-,68-/m1/s1. The van der Waals surface area contributed by atoms with Gasteiger partial charge in [-0.15, -0.1) is 0 Å². The van der Waals surface area contributed by atoms with Crippen molar-refractivity contribution in [2.24, 2.45) is 0 Å². The maximum Gasteiger partial charge on any atom is 0.339 e. The van der Waals surface area contributed by atoms with Crippen LogP contribution < -0.4 is 0 Å². The first-order valence-corrected chi connectivity index (χ1v) is 30.8. The fraction of sp³-hybridized carbons (Fsp3) is 0.176. The van der Waals surface area contributed by atoms with Gasteiger partial charge in [-0.1, -0.05) is 0 Å². The SMILES string of the molecule is O=C(OC[C@H]1O[C@H](O[C@H]2O[C@H](COC(=O)c3cc(O)c(O)c(O)c3)[C@@H](OC(=O)c3cc(O)c(O)c(O)c3)[C@H](OC(=O)c3cc(O)c(O)c(O)c3)[C@H]2OC(=O)c2cc(O)c(O)c(O)c2)[C@@H](OC(=O)c2cc(O)c(O)c(O)c2)[C@@H](OC(=O)c2cc(O)c(O)c(O)c2)[C@@H]1OC(=O)c1cc(O)c(O)c(O)c1)c1cc(O)c(O)c(O)c1. The molecular weight excluding hydrogens is 1500 g/mol. The molecule has 0 radical (unpaired) electrons. The molecule has 8 aromatic rings. The average molecular weight is 1560 g/mol. The van der Waals surface area contributed by atoms with E-state index in [1.165, 1.54) is 0 Å². The van der Waals surface area contributed by atoms with Gasteiger partial charge in [0.05, 0.1) is 44.5 Å². The van der Waals surface area contributed by atoms with Crippen molar-refractivity contribution in [3.05, 3.63) is 142 Å². The molecule has 10 atom stereocenters. The van der Waals surface area contributed by atoms with Crippen molar-refractivity contribution in [3.8, 4) is 138 Å². The van der Waals surface area contributed by atoms with E-state index in [2.05, 4.69) is 0 Å². The van der Waals surface area contributed by atoms with Crippen LogP contribution in [0.2, 0.25) is 0 Å². The van der Waals surface area contributed by atoms with Crippen LogP contribution in [0.3, 0.4) is 0 Å². The number of hydrogen-bond acceptors (Lipinski definition) is 43. The molecule has 8 aromatic carbocycles. The van der Waals surface area contributed by atoms with E-state index in [4.69, 9.17) is 52.1 Å². The molecule has 111 heavy (non-hydrogen) atoms. The smallest absolute Gasteiger partial charge is 0.339 e. The second-order valence-corrected chi connectivity index (χ2v) is 23.5. The highest BCUT2D eigenvalue weighted by molar-refractivity contribution is 5.96. The normalized spacial score (nSPS) is 19.3. The fourth-order valence-electron chi connectivity index (χ4n) is 10.6. The third-order valence-corrected chi connectivity index (χ3v) is 16.1. The predicted molar refractivity (Wildman–Crippen MR) is 346 cm³/mol. The van der Waals surface area contributed by atoms with Crippen LogP contribution in [0.5, 0.6) is 138 Å². The second kappa shape index (κ2) is 31.0. The first kappa shape index (κ1) is 78.2. The fourth-order valence-corrected chi connectivity index (χ4v) is 10.6. The van der Waals surface area contributed by atoms with E-state index in [0.717, 1.165) is 0 Å². The zero-order valence-electron chi connectivity index (χ0n) is 54.9. The lowest BCUT2D eigenvalue weighted by atomic mass is 9.96. The Bertz CT molecular complexity index is 4610. The minimum Gasteiger partial charge on any atom is -0.504 e. The van der Waals surface area contributed by atoms with Gasteiger partial charge in [-0.25, -0.2) is 38.4 Å². The Morgan fingerprint density at radius 3 is 0.532 bits per heavy atom. The number of phenols is 24. The number of esters is 8. The molecule has 0 spiro atoms. The highest BCUT2D eigenvalue weighted by atomic mass is 16.8. The van der Waals surface area contributed by atoms with E-state index < -0.39 is 305 Å². The van der Waals surface area contributed by atoms with Crippen molar-refractivity contribution >= 4 is 47.8 Å². The lowest BCUT2D eigenvalue weighted by Crippen LogP contribution is -2.67. The monoisotopic (exact) mass is 1560 g/mol. The molecule has 0 bridgehead atoms. The topological polar surface area (TPSA) is 724 Å². The minimum atomic E-state index is -3.10. The molecule has 584 valence electrons. The summed E-state index contributed by atoms with van der Waals surface area (Å²) < 4.78 is 64.7. The van der Waals surface area contributed by atoms with Gasteiger partial charge < -0.3 is 175 Å². The molecule has 43 heteroatoms. The van der Waals surface area contributed by atoms with Gasteiger partial charge in [-0.3, -0.25) is 0 Å². The maximum absolute atomic E-state index is 14.9. The van der Waals surface area contributed by atoms with Crippen molar-refractivity contribution in [3.63, 3.8) is 0 Å². The van der Waals surface area contributed by atoms with Gasteiger partial charge >= 0.3 is 47.8 Å². The first-order valence-electron chi connectivity index (χ1n) is 30.8. The number of benzene rings is 8. The summed E-state index contributed by atoms with van der Waals surface area (Å²) in [5.74, 6) is -45.4. The Morgan fingerprint density at radius 2 is 0.360 bits per heavy atom. The molecule has 0 aromatic heterocycles. The van der Waals surface area contributed by atoms with E-state index in [1.54, 1.807) is 0 Å². The van der Waals surface area contributed by atoms with Gasteiger partial charge in [0, 0.05) is 0 Å². The van der Waals surface area contributed by atoms with E-state index in [0.29, 0.717) is 97.1 Å². The van der Waals surface area contributed by atoms with E-state index in [9.17, 15) is 161 Å². The Hall–Kier alpha value is -15.4. The van der Waals surface area contributed by atoms with Crippen molar-refractivity contribution < 1.29 is 213 Å². The quantitative estimate of drug-likeness (QED) is 0.0296. The molecule has 2 heterocycles. The molecule has 0 amide bonds. The highest BCUT2D eigenvalue weighted by Gasteiger charge is 2.59. The van der Waals surface area contributed by atoms with Crippen molar-refractivity contribution in [1.29, 1.82) is 0 Å². The van der Waals surface area contributed by atoms with Gasteiger partial charge in [-0.2, -0.15) is 0 Å². The Balaban J connectivity index is 1.23. The van der Waals surface area contributed by atoms with Crippen LogP contribution in [0.1, 0.15) is 82.9 Å². The number of phenolic OH excluding ortho intramolecular Hbond substituents is 24. The van der Waals surface area contributed by atoms with Crippen LogP contribution >= 0.6 is 0 Å². The largest absolute Gasteiger partial charge is 0.504 e. The summed E-state index contributed by atoms with van der Waals surface area (Å²) in [5, 5.41) is 251. The summed E-state index contributed by atoms with van der Waals surface area (Å²) in [7, 11) is 0. The van der Waals surface area contributed by atoms with E-state index in [1.807, 2.05) is 0 Å². The number of aromatic hydroxyl groups is 24. The maximum atomic E-state index is 14.9. The van der Waals surface area contributed by atoms with E-state index in [-0.39, 0.29) is 0 Å². The third-order valence-electron chi connectivity index (χ3n) is 16.1. The van der Waals surface area contributed by atoms with Gasteiger partial charge in [0.1, 0.15) is 25.4 Å². The number of carbonyl (C=O) groups is 8. The molecule has 2 saturated heterocycles. The first-order chi connectivity index (χ1) is 52.2. The second-order valence-electron chi connectivity index (χ2n) is 23.5. The van der Waals surface area contributed by atoms with Gasteiger partial charge in [0.25, 0.3) is 0 Å². The number of carbonyl (C=O) groups excluding carboxylic acids is 8. The molecule has 0 saturated carbocycles. The molecule has 43 nitrogen and oxygen atoms in total. The molecule has 0 aliphatic carbocycles. The summed E-state index contributed by atoms with van der Waals surface area (Å²) in [6.07, 6.45) is -29.0. The Kier molecular flexibility index (Phi) is 21.8. The Labute approximate surface area is 613 Å². The van der Waals surface area contributed by atoms with Crippen LogP contribution in [0.4, 0.5) is 0 Å². The lowest BCUT2D eigenvalue weighted by molar-refractivity contribution is -0.373. The number of ether oxygens (including phenoxy) is 11. The number of hydrogen-bond donors (Lipinski definition) is 24. The summed E-state index contributed by atoms with van der Waals surface area (Å²) in [6, 6.07) is 6.70. The van der Waals surface area contributed by atoms with Crippen LogP contribution in [0.15, 0.2) is 97.1 Å². The molecule has 24 N–H and O–H groups in total. The van der Waals surface area contributed by atoms with Crippen LogP contribution in [0.25, 0.3) is 0 Å². The summed E-state index contributed by atoms with van der Waals surface area (Å²) in [5.41, 5.74) is -7.99. The average Bonchev–Trinajstić information content (AvgIpc) is 0.758. The van der Waals surface area contributed by atoms with Crippen molar-refractivity contribution in [2.45, 2.75) is 61.4 Å². The molecule has 2 aliphatic heterocycles. The number of rotatable bonds is 20. The van der Waals surface area contributed by atoms with Crippen LogP contribution in [-0.4, -0.2) is 245 Å². The van der Waals surface area contributed by atoms with Crippen molar-refractivity contribution in [1.82, 2.24) is 0 Å². The third kappa shape index (κ3) is 16.4. The molecular formula is C68H54O43. The lowest BCUT2D eigenvalue weighted by Gasteiger charge is -2.48. The van der Waals surface area contributed by atoms with E-state index >= 15 is 0 Å². The minimum absolute atomic E-state index is 0.378. The predicted octanol–water partition coefficient (Wildman–Crippen LogP) is 2.45. The van der Waals surface area contributed by atoms with Crippen LogP contribution in [0, 0.1) is 0 Å². The molecule has 0 unspecified atom stereocenters. The summed E-state index contributed by atoms with van der Waals surface area (Å²) in [4.78, 5) is 117. The zero-order chi connectivity index (χ0) is 81.4. The van der Waals surface area contributed by atoms with Gasteiger partial charge in [0.15, 0.2) is 175 Å². The van der Waals surface area contributed by atoms with Gasteiger partial charge in [-0.05, 0) is 97.1 Å². The summed E-state index contributed by atoms with van der Waals surface area (Å²) >= 11 is 0. The highest BCUT2D eigenvalue weighted by Crippen LogP contribution is 2.46. The summed E-state index contributed by atoms with van der Waals surface area (Å²) in [6.45, 7) is -3.18. The molecule has 2 fully saturated rings. The molecule has 2 aliphatic rings. The zero-order valence-corrected chi connectivity index (χ0v) is 54.9. The van der Waals surface area contributed by atoms with Crippen molar-refractivity contribution in [2.75, 3.05) is 13.2 Å². The molecule has 10 rings (SSSR count).